The Balaban J connectivity index is 2.29. The molecule has 1 amide bonds. The third kappa shape index (κ3) is 3.84. The summed E-state index contributed by atoms with van der Waals surface area (Å²) < 4.78 is 89.9. The maximum absolute atomic E-state index is 15.5. The van der Waals surface area contributed by atoms with Gasteiger partial charge in [-0.1, -0.05) is 30.3 Å². The van der Waals surface area contributed by atoms with Crippen LogP contribution in [-0.2, 0) is 4.79 Å². The van der Waals surface area contributed by atoms with E-state index in [0.29, 0.717) is 4.90 Å². The van der Waals surface area contributed by atoms with Crippen LogP contribution in [0.3, 0.4) is 0 Å². The number of nitrogens with zero attached hydrogens (tertiary/aromatic N) is 1. The number of alkyl halides is 6. The largest absolute Gasteiger partial charge is 0.496 e. The van der Waals surface area contributed by atoms with Gasteiger partial charge in [0, 0.05) is 4.90 Å². The second-order valence-electron chi connectivity index (χ2n) is 6.58. The van der Waals surface area contributed by atoms with E-state index in [1.54, 1.807) is 12.3 Å². The summed E-state index contributed by atoms with van der Waals surface area (Å²) in [7, 11) is 1.33. The van der Waals surface area contributed by atoms with Gasteiger partial charge in [0.05, 0.1) is 13.0 Å². The normalized spacial score (nSPS) is 24.2. The number of ether oxygens (including phenoxy) is 1. The van der Waals surface area contributed by atoms with Gasteiger partial charge in [-0.05, 0) is 35.1 Å². The van der Waals surface area contributed by atoms with E-state index in [4.69, 9.17) is 4.74 Å². The van der Waals surface area contributed by atoms with Crippen LogP contribution in [0.5, 0.6) is 5.75 Å². The molecule has 0 saturated heterocycles. The lowest BCUT2D eigenvalue weighted by atomic mass is 9.86. The Bertz CT molecular complexity index is 924. The van der Waals surface area contributed by atoms with E-state index in [-0.39, 0.29) is 22.4 Å². The van der Waals surface area contributed by atoms with E-state index in [0.717, 1.165) is 11.8 Å². The molecule has 4 unspecified atom stereocenters. The second kappa shape index (κ2) is 8.41. The zero-order valence-electron chi connectivity index (χ0n) is 15.8. The van der Waals surface area contributed by atoms with Crippen molar-refractivity contribution in [2.24, 2.45) is 0 Å². The molecule has 3 nitrogen and oxygen atoms in total. The molecule has 0 spiro atoms. The standard InChI is InChI=1S/C20H17F6NO2S/c1-29-13-8-11-12(9-14(13)30-2)16(21)18(23)27(19(28)20(24,25)26)17(22)15(11)10-6-4-3-5-7-10/h3-9,15-18H,1-2H3. The molecule has 0 fully saturated rings. The molecule has 4 atom stereocenters. The van der Waals surface area contributed by atoms with Crippen molar-refractivity contribution >= 4 is 17.7 Å². The smallest absolute Gasteiger partial charge is 0.471 e. The van der Waals surface area contributed by atoms with Crippen LogP contribution in [0.2, 0.25) is 0 Å². The van der Waals surface area contributed by atoms with Crippen LogP contribution in [0.4, 0.5) is 26.3 Å². The molecular weight excluding hydrogens is 432 g/mol. The Labute approximate surface area is 173 Å². The first-order chi connectivity index (χ1) is 14.1. The fourth-order valence-corrected chi connectivity index (χ4v) is 4.11. The molecule has 162 valence electrons. The Morgan fingerprint density at radius 3 is 2.20 bits per heavy atom. The van der Waals surface area contributed by atoms with Gasteiger partial charge >= 0.3 is 12.1 Å². The first-order valence-electron chi connectivity index (χ1n) is 8.74. The summed E-state index contributed by atoms with van der Waals surface area (Å²) in [6.07, 6.45) is -12.6. The first-order valence-corrected chi connectivity index (χ1v) is 9.96. The topological polar surface area (TPSA) is 29.5 Å². The molecule has 2 aromatic rings. The van der Waals surface area contributed by atoms with E-state index in [1.807, 2.05) is 0 Å². The lowest BCUT2D eigenvalue weighted by Crippen LogP contribution is -2.51. The Morgan fingerprint density at radius 2 is 1.67 bits per heavy atom. The van der Waals surface area contributed by atoms with E-state index < -0.39 is 41.7 Å². The fraction of sp³-hybridized carbons (Fsp3) is 0.350. The van der Waals surface area contributed by atoms with Crippen LogP contribution in [-0.4, -0.2) is 42.9 Å². The van der Waals surface area contributed by atoms with Gasteiger partial charge in [0.15, 0.2) is 12.5 Å². The third-order valence-electron chi connectivity index (χ3n) is 4.91. The SMILES string of the molecule is COc1cc2c(cc1SC)C(F)C(F)N(C(=O)C(F)(F)F)C(F)C2c1ccccc1. The molecule has 30 heavy (non-hydrogen) atoms. The van der Waals surface area contributed by atoms with Crippen molar-refractivity contribution in [2.75, 3.05) is 13.4 Å². The number of fused-ring (bicyclic) bond motifs is 1. The Morgan fingerprint density at radius 1 is 1.03 bits per heavy atom. The molecule has 0 aliphatic carbocycles. The van der Waals surface area contributed by atoms with Crippen molar-refractivity contribution in [1.82, 2.24) is 4.90 Å². The summed E-state index contributed by atoms with van der Waals surface area (Å²) in [5.41, 5.74) is -0.260. The highest BCUT2D eigenvalue weighted by Crippen LogP contribution is 2.47. The van der Waals surface area contributed by atoms with Crippen molar-refractivity contribution in [3.05, 3.63) is 59.2 Å². The number of methoxy groups -OCH3 is 1. The zero-order valence-corrected chi connectivity index (χ0v) is 16.6. The van der Waals surface area contributed by atoms with E-state index in [2.05, 4.69) is 0 Å². The van der Waals surface area contributed by atoms with E-state index in [9.17, 15) is 22.4 Å². The molecular formula is C20H17F6NO2S. The summed E-state index contributed by atoms with van der Waals surface area (Å²) in [6.45, 7) is 0. The molecule has 0 bridgehead atoms. The molecule has 2 aromatic carbocycles. The molecule has 0 aromatic heterocycles. The van der Waals surface area contributed by atoms with Crippen LogP contribution >= 0.6 is 11.8 Å². The van der Waals surface area contributed by atoms with Crippen LogP contribution in [0.15, 0.2) is 47.4 Å². The van der Waals surface area contributed by atoms with Gasteiger partial charge in [0.2, 0.25) is 6.30 Å². The first kappa shape index (κ1) is 22.3. The molecule has 10 heteroatoms. The average Bonchev–Trinajstić information content (AvgIpc) is 2.79. The van der Waals surface area contributed by atoms with Crippen LogP contribution in [0.1, 0.15) is 28.8 Å². The number of hydrogen-bond donors (Lipinski definition) is 0. The van der Waals surface area contributed by atoms with Crippen molar-refractivity contribution in [3.8, 4) is 5.75 Å². The van der Waals surface area contributed by atoms with Crippen LogP contribution in [0, 0.1) is 0 Å². The minimum absolute atomic E-state index is 0.0871. The second-order valence-corrected chi connectivity index (χ2v) is 7.43. The Hall–Kier alpha value is -2.36. The number of rotatable bonds is 3. The van der Waals surface area contributed by atoms with Crippen molar-refractivity contribution in [2.45, 2.75) is 35.8 Å². The maximum atomic E-state index is 15.5. The number of benzene rings is 2. The molecule has 1 aliphatic rings. The molecule has 3 rings (SSSR count). The van der Waals surface area contributed by atoms with Crippen LogP contribution < -0.4 is 4.74 Å². The summed E-state index contributed by atoms with van der Waals surface area (Å²) in [5.74, 6) is -4.11. The van der Waals surface area contributed by atoms with E-state index >= 15 is 8.78 Å². The fourth-order valence-electron chi connectivity index (χ4n) is 3.52. The predicted octanol–water partition coefficient (Wildman–Crippen LogP) is 5.56. The lowest BCUT2D eigenvalue weighted by Gasteiger charge is -2.32. The number of thioether (sulfide) groups is 1. The van der Waals surface area contributed by atoms with Crippen molar-refractivity contribution in [1.29, 1.82) is 0 Å². The summed E-state index contributed by atoms with van der Waals surface area (Å²) in [4.78, 5) is 11.5. The number of carbonyl (C=O) groups excluding carboxylic acids is 1. The lowest BCUT2D eigenvalue weighted by molar-refractivity contribution is -0.202. The van der Waals surface area contributed by atoms with Crippen molar-refractivity contribution in [3.63, 3.8) is 0 Å². The summed E-state index contributed by atoms with van der Waals surface area (Å²) in [5, 5.41) is 0. The molecule has 1 heterocycles. The third-order valence-corrected chi connectivity index (χ3v) is 5.66. The van der Waals surface area contributed by atoms with Gasteiger partial charge in [0.1, 0.15) is 5.75 Å². The number of carbonyl (C=O) groups is 1. The molecule has 1 aliphatic heterocycles. The maximum Gasteiger partial charge on any atom is 0.471 e. The van der Waals surface area contributed by atoms with Gasteiger partial charge in [-0.3, -0.25) is 9.69 Å². The number of amides is 1. The van der Waals surface area contributed by atoms with Gasteiger partial charge in [-0.25, -0.2) is 13.2 Å². The highest BCUT2D eigenvalue weighted by molar-refractivity contribution is 7.98. The highest BCUT2D eigenvalue weighted by Gasteiger charge is 2.54. The van der Waals surface area contributed by atoms with Gasteiger partial charge in [-0.2, -0.15) is 13.2 Å². The van der Waals surface area contributed by atoms with E-state index in [1.165, 1.54) is 43.5 Å². The predicted molar refractivity (Wildman–Crippen MR) is 99.6 cm³/mol. The van der Waals surface area contributed by atoms with Gasteiger partial charge in [0.25, 0.3) is 0 Å². The zero-order chi connectivity index (χ0) is 22.2. The minimum atomic E-state index is -5.58. The van der Waals surface area contributed by atoms with Crippen molar-refractivity contribution < 1.29 is 35.9 Å². The summed E-state index contributed by atoms with van der Waals surface area (Å²) in [6, 6.07) is 9.95. The van der Waals surface area contributed by atoms with Crippen LogP contribution in [0.25, 0.3) is 0 Å². The monoisotopic (exact) mass is 449 g/mol. The minimum Gasteiger partial charge on any atom is -0.496 e. The quantitative estimate of drug-likeness (QED) is 0.349. The number of hydrogen-bond acceptors (Lipinski definition) is 3. The average molecular weight is 449 g/mol. The molecule has 0 radical (unpaired) electrons. The molecule has 0 N–H and O–H groups in total. The molecule has 0 saturated carbocycles. The van der Waals surface area contributed by atoms with Gasteiger partial charge < -0.3 is 4.74 Å². The highest BCUT2D eigenvalue weighted by atomic mass is 32.2. The van der Waals surface area contributed by atoms with Gasteiger partial charge in [-0.15, -0.1) is 11.8 Å². The summed E-state index contributed by atoms with van der Waals surface area (Å²) >= 11 is 1.14. The number of halogens is 6. The Kier molecular flexibility index (Phi) is 6.26.